The fourth-order valence-electron chi connectivity index (χ4n) is 2.68. The van der Waals surface area contributed by atoms with Crippen molar-refractivity contribution in [2.24, 2.45) is 5.92 Å². The first-order valence-electron chi connectivity index (χ1n) is 7.45. The van der Waals surface area contributed by atoms with E-state index in [1.54, 1.807) is 0 Å². The lowest BCUT2D eigenvalue weighted by atomic mass is 9.89. The summed E-state index contributed by atoms with van der Waals surface area (Å²) in [4.78, 5) is 12.1. The van der Waals surface area contributed by atoms with Gasteiger partial charge in [-0.1, -0.05) is 36.9 Å². The second-order valence-electron chi connectivity index (χ2n) is 5.63. The van der Waals surface area contributed by atoms with Crippen molar-refractivity contribution in [1.82, 2.24) is 5.32 Å². The molecule has 20 heavy (non-hydrogen) atoms. The van der Waals surface area contributed by atoms with E-state index in [1.165, 1.54) is 32.1 Å². The summed E-state index contributed by atoms with van der Waals surface area (Å²) in [5, 5.41) is 6.90. The minimum Gasteiger partial charge on any atom is -0.374 e. The van der Waals surface area contributed by atoms with E-state index in [4.69, 9.17) is 11.6 Å². The van der Waals surface area contributed by atoms with Gasteiger partial charge in [-0.2, -0.15) is 0 Å². The normalized spacial score (nSPS) is 17.5. The van der Waals surface area contributed by atoms with Crippen LogP contribution in [0.15, 0.2) is 24.3 Å². The van der Waals surface area contributed by atoms with Crippen molar-refractivity contribution in [3.05, 3.63) is 29.3 Å². The molecule has 1 aromatic rings. The molecule has 1 aliphatic rings. The molecule has 1 amide bonds. The number of hydrogen-bond acceptors (Lipinski definition) is 2. The summed E-state index contributed by atoms with van der Waals surface area (Å²) in [7, 11) is 0. The molecular weight excluding hydrogens is 272 g/mol. The lowest BCUT2D eigenvalue weighted by Crippen LogP contribution is -2.40. The van der Waals surface area contributed by atoms with Gasteiger partial charge < -0.3 is 10.6 Å². The van der Waals surface area contributed by atoms with E-state index in [9.17, 15) is 4.79 Å². The third-order valence-electron chi connectivity index (χ3n) is 3.89. The zero-order valence-corrected chi connectivity index (χ0v) is 12.7. The highest BCUT2D eigenvalue weighted by atomic mass is 35.5. The van der Waals surface area contributed by atoms with Gasteiger partial charge in [-0.3, -0.25) is 4.79 Å². The summed E-state index contributed by atoms with van der Waals surface area (Å²) in [6, 6.07) is 7.18. The zero-order chi connectivity index (χ0) is 14.4. The molecule has 1 fully saturated rings. The molecule has 0 bridgehead atoms. The molecule has 1 aromatic carbocycles. The molecule has 0 saturated heterocycles. The van der Waals surface area contributed by atoms with Gasteiger partial charge in [0.25, 0.3) is 0 Å². The highest BCUT2D eigenvalue weighted by molar-refractivity contribution is 6.30. The number of benzene rings is 1. The number of amides is 1. The Morgan fingerprint density at radius 1 is 1.35 bits per heavy atom. The number of anilines is 1. The largest absolute Gasteiger partial charge is 0.374 e. The molecule has 1 unspecified atom stereocenters. The lowest BCUT2D eigenvalue weighted by Gasteiger charge is -2.23. The van der Waals surface area contributed by atoms with Crippen LogP contribution in [0.5, 0.6) is 0 Å². The van der Waals surface area contributed by atoms with E-state index in [0.29, 0.717) is 10.9 Å². The summed E-state index contributed by atoms with van der Waals surface area (Å²) in [5.41, 5.74) is 0.873. The van der Waals surface area contributed by atoms with E-state index in [0.717, 1.165) is 12.2 Å². The Kier molecular flexibility index (Phi) is 5.72. The second-order valence-corrected chi connectivity index (χ2v) is 6.06. The van der Waals surface area contributed by atoms with Gasteiger partial charge in [0.1, 0.15) is 6.04 Å². The number of rotatable bonds is 5. The second kappa shape index (κ2) is 7.53. The Bertz CT molecular complexity index is 444. The maximum atomic E-state index is 12.1. The molecule has 110 valence electrons. The molecule has 0 aliphatic heterocycles. The molecule has 0 spiro atoms. The van der Waals surface area contributed by atoms with E-state index < -0.39 is 0 Å². The van der Waals surface area contributed by atoms with E-state index in [-0.39, 0.29) is 11.9 Å². The smallest absolute Gasteiger partial charge is 0.242 e. The molecular formula is C16H23ClN2O. The fraction of sp³-hybridized carbons (Fsp3) is 0.562. The molecule has 3 nitrogen and oxygen atoms in total. The summed E-state index contributed by atoms with van der Waals surface area (Å²) < 4.78 is 0. The molecule has 1 aliphatic carbocycles. The Morgan fingerprint density at radius 2 is 2.10 bits per heavy atom. The van der Waals surface area contributed by atoms with Gasteiger partial charge in [-0.25, -0.2) is 0 Å². The van der Waals surface area contributed by atoms with Crippen LogP contribution in [0.25, 0.3) is 0 Å². The van der Waals surface area contributed by atoms with Crippen LogP contribution in [0.2, 0.25) is 5.02 Å². The van der Waals surface area contributed by atoms with Crippen molar-refractivity contribution in [3.8, 4) is 0 Å². The minimum atomic E-state index is -0.253. The van der Waals surface area contributed by atoms with Crippen LogP contribution < -0.4 is 10.6 Å². The van der Waals surface area contributed by atoms with E-state index in [1.807, 2.05) is 31.2 Å². The number of carbonyl (C=O) groups is 1. The van der Waals surface area contributed by atoms with Gasteiger partial charge in [0, 0.05) is 17.3 Å². The Labute approximate surface area is 126 Å². The van der Waals surface area contributed by atoms with Crippen molar-refractivity contribution < 1.29 is 4.79 Å². The molecule has 0 aromatic heterocycles. The third kappa shape index (κ3) is 4.71. The van der Waals surface area contributed by atoms with Crippen molar-refractivity contribution in [2.75, 3.05) is 11.9 Å². The molecule has 0 heterocycles. The summed E-state index contributed by atoms with van der Waals surface area (Å²) in [6.07, 6.45) is 6.44. The number of hydrogen-bond donors (Lipinski definition) is 2. The fourth-order valence-corrected chi connectivity index (χ4v) is 2.87. The SMILES string of the molecule is CC(Nc1cccc(Cl)c1)C(=O)NCC1CCCCC1. The first-order chi connectivity index (χ1) is 9.65. The number of halogens is 1. The van der Waals surface area contributed by atoms with Gasteiger partial charge in [0.05, 0.1) is 0 Å². The maximum Gasteiger partial charge on any atom is 0.242 e. The minimum absolute atomic E-state index is 0.0514. The quantitative estimate of drug-likeness (QED) is 0.866. The van der Waals surface area contributed by atoms with Crippen molar-refractivity contribution in [2.45, 2.75) is 45.1 Å². The molecule has 1 saturated carbocycles. The van der Waals surface area contributed by atoms with Crippen LogP contribution in [-0.2, 0) is 4.79 Å². The summed E-state index contributed by atoms with van der Waals surface area (Å²) in [6.45, 7) is 2.68. The summed E-state index contributed by atoms with van der Waals surface area (Å²) >= 11 is 5.93. The molecule has 4 heteroatoms. The standard InChI is InChI=1S/C16H23ClN2O/c1-12(19-15-9-5-8-14(17)10-15)16(20)18-11-13-6-3-2-4-7-13/h5,8-10,12-13,19H,2-4,6-7,11H2,1H3,(H,18,20). The first kappa shape index (κ1) is 15.2. The van der Waals surface area contributed by atoms with Crippen LogP contribution in [0.4, 0.5) is 5.69 Å². The number of nitrogens with one attached hydrogen (secondary N) is 2. The Morgan fingerprint density at radius 3 is 2.80 bits per heavy atom. The lowest BCUT2D eigenvalue weighted by molar-refractivity contribution is -0.121. The monoisotopic (exact) mass is 294 g/mol. The van der Waals surface area contributed by atoms with Crippen LogP contribution in [0, 0.1) is 5.92 Å². The summed E-state index contributed by atoms with van der Waals surface area (Å²) in [5.74, 6) is 0.710. The van der Waals surface area contributed by atoms with Crippen LogP contribution in [-0.4, -0.2) is 18.5 Å². The van der Waals surface area contributed by atoms with Crippen LogP contribution in [0.1, 0.15) is 39.0 Å². The molecule has 2 N–H and O–H groups in total. The van der Waals surface area contributed by atoms with E-state index >= 15 is 0 Å². The van der Waals surface area contributed by atoms with Gasteiger partial charge in [-0.05, 0) is 43.9 Å². The molecule has 1 atom stereocenters. The zero-order valence-electron chi connectivity index (χ0n) is 12.0. The first-order valence-corrected chi connectivity index (χ1v) is 7.83. The van der Waals surface area contributed by atoms with Crippen molar-refractivity contribution in [1.29, 1.82) is 0 Å². The third-order valence-corrected chi connectivity index (χ3v) is 4.13. The van der Waals surface area contributed by atoms with Gasteiger partial charge in [0.15, 0.2) is 0 Å². The Balaban J connectivity index is 1.76. The predicted molar refractivity (Wildman–Crippen MR) is 84.1 cm³/mol. The Hall–Kier alpha value is -1.22. The van der Waals surface area contributed by atoms with Gasteiger partial charge >= 0.3 is 0 Å². The topological polar surface area (TPSA) is 41.1 Å². The molecule has 0 radical (unpaired) electrons. The molecule has 2 rings (SSSR count). The van der Waals surface area contributed by atoms with Crippen LogP contribution >= 0.6 is 11.6 Å². The van der Waals surface area contributed by atoms with Crippen molar-refractivity contribution in [3.63, 3.8) is 0 Å². The highest BCUT2D eigenvalue weighted by Gasteiger charge is 2.17. The van der Waals surface area contributed by atoms with Crippen molar-refractivity contribution >= 4 is 23.2 Å². The average Bonchev–Trinajstić information content (AvgIpc) is 2.46. The van der Waals surface area contributed by atoms with Gasteiger partial charge in [0.2, 0.25) is 5.91 Å². The van der Waals surface area contributed by atoms with Gasteiger partial charge in [-0.15, -0.1) is 0 Å². The average molecular weight is 295 g/mol. The predicted octanol–water partition coefficient (Wildman–Crippen LogP) is 3.84. The number of carbonyl (C=O) groups excluding carboxylic acids is 1. The van der Waals surface area contributed by atoms with Crippen LogP contribution in [0.3, 0.4) is 0 Å². The highest BCUT2D eigenvalue weighted by Crippen LogP contribution is 2.22. The maximum absolute atomic E-state index is 12.1. The van der Waals surface area contributed by atoms with E-state index in [2.05, 4.69) is 10.6 Å².